The highest BCUT2D eigenvalue weighted by Crippen LogP contribution is 2.40. The molecule has 134 valence electrons. The molecule has 0 bridgehead atoms. The smallest absolute Gasteiger partial charge is 0.238 e. The number of halogens is 1. The number of rotatable bonds is 5. The molecular weight excluding hydrogens is 398 g/mol. The average Bonchev–Trinajstić information content (AvgIpc) is 3.12. The van der Waals surface area contributed by atoms with E-state index in [0.717, 1.165) is 27.7 Å². The zero-order valence-corrected chi connectivity index (χ0v) is 16.0. The van der Waals surface area contributed by atoms with Gasteiger partial charge in [-0.15, -0.1) is 0 Å². The Balaban J connectivity index is 1.85. The topological polar surface area (TPSA) is 96.8 Å². The molecule has 1 aliphatic heterocycles. The number of amides is 1. The van der Waals surface area contributed by atoms with Gasteiger partial charge in [-0.25, -0.2) is 4.98 Å². The van der Waals surface area contributed by atoms with E-state index in [2.05, 4.69) is 46.9 Å². The van der Waals surface area contributed by atoms with Crippen molar-refractivity contribution in [2.75, 3.05) is 30.8 Å². The maximum Gasteiger partial charge on any atom is 0.238 e. The molecule has 2 aromatic heterocycles. The van der Waals surface area contributed by atoms with Gasteiger partial charge in [0.2, 0.25) is 11.9 Å². The van der Waals surface area contributed by atoms with Crippen LogP contribution in [0.1, 0.15) is 17.2 Å². The molecular formula is C17H18BrN7O. The van der Waals surface area contributed by atoms with Crippen LogP contribution in [-0.2, 0) is 11.8 Å². The van der Waals surface area contributed by atoms with Crippen molar-refractivity contribution in [3.8, 4) is 0 Å². The van der Waals surface area contributed by atoms with Gasteiger partial charge in [-0.05, 0) is 30.8 Å². The van der Waals surface area contributed by atoms with E-state index in [1.54, 1.807) is 4.68 Å². The molecule has 9 heteroatoms. The highest BCUT2D eigenvalue weighted by Gasteiger charge is 2.35. The molecule has 3 N–H and O–H groups in total. The van der Waals surface area contributed by atoms with Gasteiger partial charge in [0, 0.05) is 36.5 Å². The van der Waals surface area contributed by atoms with Crippen LogP contribution in [0.4, 0.5) is 11.6 Å². The van der Waals surface area contributed by atoms with Gasteiger partial charge in [-0.1, -0.05) is 15.9 Å². The van der Waals surface area contributed by atoms with Gasteiger partial charge in [0.05, 0.1) is 11.1 Å². The maximum atomic E-state index is 12.7. The van der Waals surface area contributed by atoms with Crippen LogP contribution >= 0.6 is 15.9 Å². The molecule has 0 saturated heterocycles. The normalized spacial score (nSPS) is 16.0. The highest BCUT2D eigenvalue weighted by molar-refractivity contribution is 9.10. The summed E-state index contributed by atoms with van der Waals surface area (Å²) in [6, 6.07) is 5.76. The molecule has 0 spiro atoms. The van der Waals surface area contributed by atoms with Gasteiger partial charge in [0.15, 0.2) is 5.65 Å². The fourth-order valence-corrected chi connectivity index (χ4v) is 3.52. The Kier molecular flexibility index (Phi) is 4.33. The van der Waals surface area contributed by atoms with E-state index in [9.17, 15) is 4.79 Å². The van der Waals surface area contributed by atoms with E-state index in [1.807, 2.05) is 38.5 Å². The first kappa shape index (κ1) is 16.9. The van der Waals surface area contributed by atoms with Gasteiger partial charge in [-0.3, -0.25) is 9.48 Å². The molecule has 1 aromatic carbocycles. The zero-order valence-electron chi connectivity index (χ0n) is 14.4. The Morgan fingerprint density at radius 1 is 1.31 bits per heavy atom. The third-order valence-electron chi connectivity index (χ3n) is 4.30. The SMILES string of the molecule is CNCCNc1nc(C2C(=O)Nc3ccc(Br)cc32)c2cn(C)nc2n1. The summed E-state index contributed by atoms with van der Waals surface area (Å²) in [6.45, 7) is 1.45. The van der Waals surface area contributed by atoms with E-state index in [0.29, 0.717) is 23.8 Å². The lowest BCUT2D eigenvalue weighted by molar-refractivity contribution is -0.116. The molecule has 0 fully saturated rings. The lowest BCUT2D eigenvalue weighted by atomic mass is 9.95. The number of likely N-dealkylation sites (N-methyl/N-ethyl adjacent to an activating group) is 1. The molecule has 0 aliphatic carbocycles. The third kappa shape index (κ3) is 2.93. The fourth-order valence-electron chi connectivity index (χ4n) is 3.14. The molecule has 3 aromatic rings. The second-order valence-electron chi connectivity index (χ2n) is 6.16. The lowest BCUT2D eigenvalue weighted by Gasteiger charge is -2.12. The summed E-state index contributed by atoms with van der Waals surface area (Å²) in [7, 11) is 3.71. The van der Waals surface area contributed by atoms with Crippen LogP contribution in [0.2, 0.25) is 0 Å². The standard InChI is InChI=1S/C17H18BrN7O/c1-19-5-6-20-17-22-14(11-8-25(2)24-15(11)23-17)13-10-7-9(18)3-4-12(10)21-16(13)26/h3-4,7-8,13,19H,5-6H2,1-2H3,(H,21,26)(H,20,23,24). The monoisotopic (exact) mass is 415 g/mol. The number of benzene rings is 1. The summed E-state index contributed by atoms with van der Waals surface area (Å²) in [5.41, 5.74) is 2.93. The van der Waals surface area contributed by atoms with E-state index in [4.69, 9.17) is 0 Å². The number of aromatic nitrogens is 4. The lowest BCUT2D eigenvalue weighted by Crippen LogP contribution is -2.20. The number of carbonyl (C=O) groups is 1. The quantitative estimate of drug-likeness (QED) is 0.550. The number of aryl methyl sites for hydroxylation is 1. The number of anilines is 2. The zero-order chi connectivity index (χ0) is 18.3. The Hall–Kier alpha value is -2.52. The highest BCUT2D eigenvalue weighted by atomic mass is 79.9. The number of nitrogens with one attached hydrogen (secondary N) is 3. The predicted octanol–water partition coefficient (Wildman–Crippen LogP) is 1.84. The van der Waals surface area contributed by atoms with Crippen molar-refractivity contribution in [3.63, 3.8) is 0 Å². The molecule has 1 amide bonds. The van der Waals surface area contributed by atoms with E-state index >= 15 is 0 Å². The van der Waals surface area contributed by atoms with E-state index in [1.165, 1.54) is 0 Å². The number of fused-ring (bicyclic) bond motifs is 2. The molecule has 8 nitrogen and oxygen atoms in total. The van der Waals surface area contributed by atoms with Crippen LogP contribution < -0.4 is 16.0 Å². The van der Waals surface area contributed by atoms with Gasteiger partial charge < -0.3 is 16.0 Å². The van der Waals surface area contributed by atoms with Crippen LogP contribution in [0.15, 0.2) is 28.9 Å². The van der Waals surface area contributed by atoms with Crippen LogP contribution in [0.25, 0.3) is 11.0 Å². The summed E-state index contributed by atoms with van der Waals surface area (Å²) in [6.07, 6.45) is 1.85. The minimum Gasteiger partial charge on any atom is -0.353 e. The Morgan fingerprint density at radius 2 is 2.15 bits per heavy atom. The Morgan fingerprint density at radius 3 is 2.96 bits per heavy atom. The molecule has 1 unspecified atom stereocenters. The summed E-state index contributed by atoms with van der Waals surface area (Å²) in [5, 5.41) is 14.4. The largest absolute Gasteiger partial charge is 0.353 e. The van der Waals surface area contributed by atoms with Crippen molar-refractivity contribution < 1.29 is 4.79 Å². The molecule has 1 aliphatic rings. The number of hydrogen-bond donors (Lipinski definition) is 3. The van der Waals surface area contributed by atoms with Gasteiger partial charge in [-0.2, -0.15) is 10.1 Å². The Labute approximate surface area is 158 Å². The molecule has 0 saturated carbocycles. The third-order valence-corrected chi connectivity index (χ3v) is 4.79. The van der Waals surface area contributed by atoms with Crippen molar-refractivity contribution in [2.45, 2.75) is 5.92 Å². The summed E-state index contributed by atoms with van der Waals surface area (Å²) >= 11 is 3.49. The molecule has 0 radical (unpaired) electrons. The Bertz CT molecular complexity index is 1000. The minimum atomic E-state index is -0.498. The van der Waals surface area contributed by atoms with Crippen LogP contribution in [-0.4, -0.2) is 45.8 Å². The molecule has 1 atom stereocenters. The summed E-state index contributed by atoms with van der Waals surface area (Å²) in [4.78, 5) is 21.9. The minimum absolute atomic E-state index is 0.0943. The van der Waals surface area contributed by atoms with Crippen molar-refractivity contribution in [2.24, 2.45) is 7.05 Å². The van der Waals surface area contributed by atoms with Crippen LogP contribution in [0.3, 0.4) is 0 Å². The second kappa shape index (κ2) is 6.65. The van der Waals surface area contributed by atoms with Crippen LogP contribution in [0, 0.1) is 0 Å². The van der Waals surface area contributed by atoms with Crippen molar-refractivity contribution in [3.05, 3.63) is 40.1 Å². The number of nitrogens with zero attached hydrogens (tertiary/aromatic N) is 4. The van der Waals surface area contributed by atoms with E-state index in [-0.39, 0.29) is 5.91 Å². The van der Waals surface area contributed by atoms with Crippen molar-refractivity contribution >= 4 is 44.5 Å². The van der Waals surface area contributed by atoms with E-state index < -0.39 is 5.92 Å². The van der Waals surface area contributed by atoms with Crippen molar-refractivity contribution in [1.82, 2.24) is 25.1 Å². The van der Waals surface area contributed by atoms with Gasteiger partial charge >= 0.3 is 0 Å². The molecule has 3 heterocycles. The first-order valence-electron chi connectivity index (χ1n) is 8.27. The van der Waals surface area contributed by atoms with Crippen molar-refractivity contribution in [1.29, 1.82) is 0 Å². The molecule has 26 heavy (non-hydrogen) atoms. The fraction of sp³-hybridized carbons (Fsp3) is 0.294. The predicted molar refractivity (Wildman–Crippen MR) is 103 cm³/mol. The maximum absolute atomic E-state index is 12.7. The summed E-state index contributed by atoms with van der Waals surface area (Å²) < 4.78 is 2.61. The van der Waals surface area contributed by atoms with Crippen LogP contribution in [0.5, 0.6) is 0 Å². The number of hydrogen-bond acceptors (Lipinski definition) is 6. The van der Waals surface area contributed by atoms with Gasteiger partial charge in [0.25, 0.3) is 0 Å². The molecule has 4 rings (SSSR count). The average molecular weight is 416 g/mol. The summed E-state index contributed by atoms with van der Waals surface area (Å²) in [5.74, 6) is -0.122. The second-order valence-corrected chi connectivity index (χ2v) is 7.07. The first-order chi connectivity index (χ1) is 12.6. The first-order valence-corrected chi connectivity index (χ1v) is 9.06. The van der Waals surface area contributed by atoms with Gasteiger partial charge in [0.1, 0.15) is 5.92 Å². The number of carbonyl (C=O) groups excluding carboxylic acids is 1.